The highest BCUT2D eigenvalue weighted by atomic mass is 127. The fraction of sp³-hybridized carbons (Fsp3) is 0.310. The molecule has 0 saturated carbocycles. The standard InChI is InChI=1S/C29H30ClIN4O2S/c1-29(2,3)37-28(36)34-13-11-33(12-14-34)18-20-7-9-21(10-8-20)23-16-25-26(22-5-4-6-24(30)15-22)19-35(38-31)27(25)32-17-23/h4-10,15-17,19H,11-14,18H2,1-3H3. The fourth-order valence-corrected chi connectivity index (χ4v) is 6.10. The van der Waals surface area contributed by atoms with Crippen LogP contribution in [0.5, 0.6) is 0 Å². The molecule has 198 valence electrons. The van der Waals surface area contributed by atoms with E-state index in [-0.39, 0.29) is 6.09 Å². The molecule has 0 unspecified atom stereocenters. The Morgan fingerprint density at radius 1 is 1.03 bits per heavy atom. The van der Waals surface area contributed by atoms with Gasteiger partial charge in [0.15, 0.2) is 5.65 Å². The van der Waals surface area contributed by atoms with Crippen LogP contribution in [-0.4, -0.2) is 56.6 Å². The van der Waals surface area contributed by atoms with Crippen LogP contribution in [-0.2, 0) is 11.3 Å². The molecule has 2 aromatic heterocycles. The molecule has 0 radical (unpaired) electrons. The van der Waals surface area contributed by atoms with Crippen LogP contribution in [0.25, 0.3) is 33.3 Å². The van der Waals surface area contributed by atoms with Crippen LogP contribution < -0.4 is 0 Å². The van der Waals surface area contributed by atoms with Crippen molar-refractivity contribution in [3.05, 3.63) is 77.6 Å². The summed E-state index contributed by atoms with van der Waals surface area (Å²) in [5.41, 5.74) is 6.12. The van der Waals surface area contributed by atoms with Crippen molar-refractivity contribution in [3.8, 4) is 22.3 Å². The van der Waals surface area contributed by atoms with Gasteiger partial charge in [-0.15, -0.1) is 0 Å². The van der Waals surface area contributed by atoms with E-state index in [1.54, 1.807) is 14.0 Å². The number of fused-ring (bicyclic) bond motifs is 1. The van der Waals surface area contributed by atoms with E-state index < -0.39 is 5.60 Å². The molecule has 3 heterocycles. The number of carbonyl (C=O) groups excluding carboxylic acids is 1. The Morgan fingerprint density at radius 3 is 2.42 bits per heavy atom. The first-order valence-electron chi connectivity index (χ1n) is 12.6. The van der Waals surface area contributed by atoms with Crippen molar-refractivity contribution in [2.75, 3.05) is 26.2 Å². The molecule has 0 aliphatic carbocycles. The zero-order valence-electron chi connectivity index (χ0n) is 21.7. The molecule has 0 atom stereocenters. The van der Waals surface area contributed by atoms with E-state index in [4.69, 9.17) is 21.3 Å². The smallest absolute Gasteiger partial charge is 0.410 e. The van der Waals surface area contributed by atoms with Crippen LogP contribution in [0.3, 0.4) is 0 Å². The van der Waals surface area contributed by atoms with E-state index in [1.165, 1.54) is 5.56 Å². The highest BCUT2D eigenvalue weighted by molar-refractivity contribution is 14.2. The van der Waals surface area contributed by atoms with Crippen LogP contribution in [0.4, 0.5) is 4.79 Å². The number of carbonyl (C=O) groups is 1. The second kappa shape index (κ2) is 11.5. The average Bonchev–Trinajstić information content (AvgIpc) is 3.27. The van der Waals surface area contributed by atoms with Crippen molar-refractivity contribution in [2.45, 2.75) is 32.9 Å². The molecule has 1 saturated heterocycles. The molecule has 0 spiro atoms. The molecule has 5 rings (SSSR count). The van der Waals surface area contributed by atoms with Gasteiger partial charge < -0.3 is 9.64 Å². The number of hydrogen-bond donors (Lipinski definition) is 0. The molecule has 1 aliphatic heterocycles. The summed E-state index contributed by atoms with van der Waals surface area (Å²) in [4.78, 5) is 21.3. The van der Waals surface area contributed by atoms with Crippen molar-refractivity contribution in [3.63, 3.8) is 0 Å². The second-order valence-corrected chi connectivity index (χ2v) is 12.6. The summed E-state index contributed by atoms with van der Waals surface area (Å²) in [6.45, 7) is 9.59. The lowest BCUT2D eigenvalue weighted by Gasteiger charge is -2.35. The van der Waals surface area contributed by atoms with E-state index in [2.05, 4.69) is 72.7 Å². The Labute approximate surface area is 245 Å². The van der Waals surface area contributed by atoms with Crippen molar-refractivity contribution in [2.24, 2.45) is 0 Å². The maximum atomic E-state index is 12.3. The first-order chi connectivity index (χ1) is 18.2. The van der Waals surface area contributed by atoms with Crippen molar-refractivity contribution in [1.29, 1.82) is 0 Å². The zero-order chi connectivity index (χ0) is 26.9. The second-order valence-electron chi connectivity index (χ2n) is 10.5. The molecule has 1 fully saturated rings. The Balaban J connectivity index is 1.29. The van der Waals surface area contributed by atoms with Gasteiger partial charge in [0.05, 0.1) is 0 Å². The third-order valence-corrected chi connectivity index (χ3v) is 8.47. The summed E-state index contributed by atoms with van der Waals surface area (Å²) < 4.78 is 7.60. The van der Waals surface area contributed by atoms with Gasteiger partial charge in [-0.3, -0.25) is 8.87 Å². The minimum atomic E-state index is -0.467. The maximum absolute atomic E-state index is 12.3. The van der Waals surface area contributed by atoms with Crippen molar-refractivity contribution in [1.82, 2.24) is 18.8 Å². The van der Waals surface area contributed by atoms with E-state index in [0.29, 0.717) is 13.1 Å². The third kappa shape index (κ3) is 6.30. The Bertz CT molecular complexity index is 1440. The highest BCUT2D eigenvalue weighted by Crippen LogP contribution is 2.36. The summed E-state index contributed by atoms with van der Waals surface area (Å²) in [6, 6.07) is 18.9. The van der Waals surface area contributed by atoms with E-state index in [1.807, 2.05) is 45.2 Å². The van der Waals surface area contributed by atoms with Gasteiger partial charge in [0, 0.05) is 97.0 Å². The predicted octanol–water partition coefficient (Wildman–Crippen LogP) is 7.92. The van der Waals surface area contributed by atoms with E-state index in [0.717, 1.165) is 57.9 Å². The molecular weight excluding hydrogens is 631 g/mol. The van der Waals surface area contributed by atoms with Gasteiger partial charge in [0.2, 0.25) is 0 Å². The van der Waals surface area contributed by atoms with Gasteiger partial charge in [-0.05, 0) is 55.7 Å². The lowest BCUT2D eigenvalue weighted by atomic mass is 10.0. The molecule has 38 heavy (non-hydrogen) atoms. The first-order valence-corrected chi connectivity index (χ1v) is 16.3. The highest BCUT2D eigenvalue weighted by Gasteiger charge is 2.25. The van der Waals surface area contributed by atoms with Crippen LogP contribution in [0.15, 0.2) is 67.0 Å². The van der Waals surface area contributed by atoms with E-state index >= 15 is 0 Å². The third-order valence-electron chi connectivity index (χ3n) is 6.54. The minimum absolute atomic E-state index is 0.224. The largest absolute Gasteiger partial charge is 0.444 e. The molecule has 6 nitrogen and oxygen atoms in total. The fourth-order valence-electron chi connectivity index (χ4n) is 4.65. The summed E-state index contributed by atoms with van der Waals surface area (Å²) in [5.74, 6) is 0. The number of pyridine rings is 1. The van der Waals surface area contributed by atoms with Gasteiger partial charge >= 0.3 is 6.09 Å². The van der Waals surface area contributed by atoms with Gasteiger partial charge in [-0.25, -0.2) is 9.78 Å². The topological polar surface area (TPSA) is 50.6 Å². The lowest BCUT2D eigenvalue weighted by Crippen LogP contribution is -2.49. The number of hydrogen-bond acceptors (Lipinski definition) is 5. The minimum Gasteiger partial charge on any atom is -0.444 e. The zero-order valence-corrected chi connectivity index (χ0v) is 25.4. The normalized spacial score (nSPS) is 14.7. The Morgan fingerprint density at radius 2 is 1.76 bits per heavy atom. The molecule has 1 aliphatic rings. The Hall–Kier alpha value is -2.27. The quantitative estimate of drug-likeness (QED) is 0.204. The summed E-state index contributed by atoms with van der Waals surface area (Å²) >= 11 is 8.57. The molecule has 4 aromatic rings. The number of benzene rings is 2. The molecule has 2 aromatic carbocycles. The number of amides is 1. The first kappa shape index (κ1) is 27.3. The SMILES string of the molecule is CC(C)(C)OC(=O)N1CCN(Cc2ccc(-c3cnc4c(c3)c(-c3cccc(Cl)c3)cn4SI)cc2)CC1. The van der Waals surface area contributed by atoms with Crippen LogP contribution in [0.2, 0.25) is 5.02 Å². The molecule has 1 amide bonds. The maximum Gasteiger partial charge on any atom is 0.410 e. The summed E-state index contributed by atoms with van der Waals surface area (Å²) in [5, 5.41) is 1.82. The predicted molar refractivity (Wildman–Crippen MR) is 166 cm³/mol. The van der Waals surface area contributed by atoms with Crippen LogP contribution >= 0.6 is 41.9 Å². The van der Waals surface area contributed by atoms with Gasteiger partial charge in [0.25, 0.3) is 0 Å². The van der Waals surface area contributed by atoms with Gasteiger partial charge in [-0.1, -0.05) is 48.0 Å². The number of halogens is 2. The Kier molecular flexibility index (Phi) is 8.23. The van der Waals surface area contributed by atoms with E-state index in [9.17, 15) is 4.79 Å². The monoisotopic (exact) mass is 660 g/mol. The van der Waals surface area contributed by atoms with Crippen LogP contribution in [0.1, 0.15) is 26.3 Å². The molecule has 0 bridgehead atoms. The average molecular weight is 661 g/mol. The number of nitrogens with zero attached hydrogens (tertiary/aromatic N) is 4. The summed E-state index contributed by atoms with van der Waals surface area (Å²) in [7, 11) is 1.60. The van der Waals surface area contributed by atoms with Crippen molar-refractivity contribution < 1.29 is 9.53 Å². The van der Waals surface area contributed by atoms with Crippen LogP contribution in [0, 0.1) is 0 Å². The number of aromatic nitrogens is 2. The summed E-state index contributed by atoms with van der Waals surface area (Å²) in [6.07, 6.45) is 3.84. The van der Waals surface area contributed by atoms with Gasteiger partial charge in [0.1, 0.15) is 5.60 Å². The van der Waals surface area contributed by atoms with Crippen molar-refractivity contribution >= 4 is 59.1 Å². The number of piperazine rings is 1. The lowest BCUT2D eigenvalue weighted by molar-refractivity contribution is 0.0139. The molecular formula is C29H30ClIN4O2S. The molecule has 0 N–H and O–H groups in total. The number of rotatable bonds is 5. The number of ether oxygens (including phenoxy) is 1. The van der Waals surface area contributed by atoms with Gasteiger partial charge in [-0.2, -0.15) is 0 Å². The molecule has 9 heteroatoms.